The maximum absolute atomic E-state index is 10.4. The Kier molecular flexibility index (Phi) is 2.65. The molecular weight excluding hydrogens is 278 g/mol. The molecule has 2 heterocycles. The summed E-state index contributed by atoms with van der Waals surface area (Å²) >= 11 is 3.28. The Balaban J connectivity index is 2.46. The molecule has 16 heavy (non-hydrogen) atoms. The van der Waals surface area contributed by atoms with E-state index in [0.29, 0.717) is 5.82 Å². The summed E-state index contributed by atoms with van der Waals surface area (Å²) in [5.74, 6) is 0.0768. The van der Waals surface area contributed by atoms with Crippen LogP contribution in [0.4, 0.5) is 5.95 Å². The van der Waals surface area contributed by atoms with Crippen LogP contribution < -0.4 is 0 Å². The number of halogens is 1. The van der Waals surface area contributed by atoms with Gasteiger partial charge < -0.3 is 10.1 Å². The lowest BCUT2D eigenvalue weighted by Gasteiger charge is -2.00. The van der Waals surface area contributed by atoms with Crippen molar-refractivity contribution < 1.29 is 4.92 Å². The highest BCUT2D eigenvalue weighted by molar-refractivity contribution is 9.10. The molecule has 82 valence electrons. The molecule has 0 radical (unpaired) electrons. The van der Waals surface area contributed by atoms with Crippen LogP contribution >= 0.6 is 15.9 Å². The molecule has 0 saturated heterocycles. The summed E-state index contributed by atoms with van der Waals surface area (Å²) in [6.07, 6.45) is 2.86. The summed E-state index contributed by atoms with van der Waals surface area (Å²) in [6, 6.07) is 1.84. The maximum Gasteiger partial charge on any atom is 0.491 e. The van der Waals surface area contributed by atoms with Gasteiger partial charge in [0.05, 0.1) is 0 Å². The predicted octanol–water partition coefficient (Wildman–Crippen LogP) is 1.64. The second-order valence-corrected chi connectivity index (χ2v) is 3.96. The number of rotatable bonds is 2. The molecule has 8 heteroatoms. The lowest BCUT2D eigenvalue weighted by atomic mass is 10.3. The average molecular weight is 284 g/mol. The van der Waals surface area contributed by atoms with Crippen LogP contribution in [0.25, 0.3) is 5.82 Å². The predicted molar refractivity (Wildman–Crippen MR) is 58.2 cm³/mol. The van der Waals surface area contributed by atoms with E-state index < -0.39 is 10.9 Å². The Labute approximate surface area is 98.4 Å². The second kappa shape index (κ2) is 3.97. The fourth-order valence-electron chi connectivity index (χ4n) is 1.21. The first-order chi connectivity index (χ1) is 7.58. The van der Waals surface area contributed by atoms with Gasteiger partial charge in [0.15, 0.2) is 5.82 Å². The molecular formula is C8H6BrN5O2. The first-order valence-electron chi connectivity index (χ1n) is 4.26. The first-order valence-corrected chi connectivity index (χ1v) is 5.06. The van der Waals surface area contributed by atoms with Crippen molar-refractivity contribution in [3.05, 3.63) is 38.7 Å². The van der Waals surface area contributed by atoms with Crippen LogP contribution in [0.1, 0.15) is 5.56 Å². The van der Waals surface area contributed by atoms with Gasteiger partial charge in [-0.15, -0.1) is 4.68 Å². The van der Waals surface area contributed by atoms with Gasteiger partial charge in [-0.1, -0.05) is 4.98 Å². The van der Waals surface area contributed by atoms with E-state index in [0.717, 1.165) is 10.0 Å². The third kappa shape index (κ3) is 1.91. The summed E-state index contributed by atoms with van der Waals surface area (Å²) in [5, 5.41) is 14.1. The molecule has 0 spiro atoms. The van der Waals surface area contributed by atoms with Gasteiger partial charge in [0.25, 0.3) is 0 Å². The topological polar surface area (TPSA) is 86.7 Å². The van der Waals surface area contributed by atoms with E-state index in [1.807, 2.05) is 13.0 Å². The zero-order valence-electron chi connectivity index (χ0n) is 8.16. The Morgan fingerprint density at radius 3 is 2.81 bits per heavy atom. The number of aromatic nitrogens is 4. The smallest absolute Gasteiger partial charge is 0.390 e. The van der Waals surface area contributed by atoms with Crippen molar-refractivity contribution in [1.82, 2.24) is 19.7 Å². The lowest BCUT2D eigenvalue weighted by molar-refractivity contribution is -0.394. The Morgan fingerprint density at radius 2 is 2.25 bits per heavy atom. The van der Waals surface area contributed by atoms with Gasteiger partial charge in [0.2, 0.25) is 6.33 Å². The summed E-state index contributed by atoms with van der Waals surface area (Å²) in [5.41, 5.74) is 0.842. The maximum atomic E-state index is 10.4. The molecule has 2 aromatic rings. The van der Waals surface area contributed by atoms with Crippen LogP contribution in [0.3, 0.4) is 0 Å². The molecule has 0 aliphatic carbocycles. The molecule has 2 aromatic heterocycles. The van der Waals surface area contributed by atoms with Crippen molar-refractivity contribution in [1.29, 1.82) is 0 Å². The Hall–Kier alpha value is -1.83. The number of hydrogen-bond donors (Lipinski definition) is 0. The highest BCUT2D eigenvalue weighted by atomic mass is 79.9. The molecule has 2 rings (SSSR count). The molecule has 0 unspecified atom stereocenters. The quantitative estimate of drug-likeness (QED) is 0.618. The highest BCUT2D eigenvalue weighted by Gasteiger charge is 2.16. The molecule has 0 aliphatic rings. The van der Waals surface area contributed by atoms with Crippen molar-refractivity contribution in [3.63, 3.8) is 0 Å². The summed E-state index contributed by atoms with van der Waals surface area (Å²) < 4.78 is 2.11. The van der Waals surface area contributed by atoms with E-state index in [9.17, 15) is 10.1 Å². The summed E-state index contributed by atoms with van der Waals surface area (Å²) in [4.78, 5) is 17.4. The van der Waals surface area contributed by atoms with E-state index in [1.165, 1.54) is 11.0 Å². The average Bonchev–Trinajstić information content (AvgIpc) is 2.66. The van der Waals surface area contributed by atoms with Crippen molar-refractivity contribution in [2.45, 2.75) is 6.92 Å². The molecule has 7 nitrogen and oxygen atoms in total. The summed E-state index contributed by atoms with van der Waals surface area (Å²) in [6.45, 7) is 1.83. The van der Waals surface area contributed by atoms with Gasteiger partial charge >= 0.3 is 5.95 Å². The van der Waals surface area contributed by atoms with Gasteiger partial charge in [-0.3, -0.25) is 0 Å². The SMILES string of the molecule is Cc1cc(Br)cnc1-n1cnc([N+](=O)[O-])n1. The van der Waals surface area contributed by atoms with E-state index in [-0.39, 0.29) is 0 Å². The fourth-order valence-corrected chi connectivity index (χ4v) is 1.66. The van der Waals surface area contributed by atoms with Crippen LogP contribution in [0.5, 0.6) is 0 Å². The van der Waals surface area contributed by atoms with E-state index >= 15 is 0 Å². The molecule has 0 aliphatic heterocycles. The minimum Gasteiger partial charge on any atom is -0.390 e. The van der Waals surface area contributed by atoms with Gasteiger partial charge in [0.1, 0.15) is 0 Å². The Bertz CT molecular complexity index is 553. The third-order valence-electron chi connectivity index (χ3n) is 1.88. The molecule has 0 fully saturated rings. The normalized spacial score (nSPS) is 10.4. The lowest BCUT2D eigenvalue weighted by Crippen LogP contribution is -2.01. The highest BCUT2D eigenvalue weighted by Crippen LogP contribution is 2.16. The number of pyridine rings is 1. The molecule has 0 amide bonds. The number of hydrogen-bond acceptors (Lipinski definition) is 5. The van der Waals surface area contributed by atoms with Crippen molar-refractivity contribution in [2.75, 3.05) is 0 Å². The van der Waals surface area contributed by atoms with Crippen LogP contribution in [0, 0.1) is 17.0 Å². The minimum atomic E-state index is -0.648. The van der Waals surface area contributed by atoms with E-state index in [4.69, 9.17) is 0 Å². The fraction of sp³-hybridized carbons (Fsp3) is 0.125. The largest absolute Gasteiger partial charge is 0.491 e. The van der Waals surface area contributed by atoms with Crippen molar-refractivity contribution in [3.8, 4) is 5.82 Å². The van der Waals surface area contributed by atoms with Crippen LogP contribution in [-0.2, 0) is 0 Å². The van der Waals surface area contributed by atoms with Crippen LogP contribution in [0.15, 0.2) is 23.1 Å². The van der Waals surface area contributed by atoms with Gasteiger partial charge in [0, 0.05) is 15.8 Å². The van der Waals surface area contributed by atoms with Crippen molar-refractivity contribution in [2.24, 2.45) is 0 Å². The zero-order valence-corrected chi connectivity index (χ0v) is 9.75. The van der Waals surface area contributed by atoms with Gasteiger partial charge in [-0.05, 0) is 39.4 Å². The van der Waals surface area contributed by atoms with Crippen molar-refractivity contribution >= 4 is 21.9 Å². The monoisotopic (exact) mass is 283 g/mol. The standard InChI is InChI=1S/C8H6BrN5O2/c1-5-2-6(9)3-10-7(5)13-4-11-8(12-13)14(15)16/h2-4H,1H3. The number of nitrogens with zero attached hydrogens (tertiary/aromatic N) is 5. The second-order valence-electron chi connectivity index (χ2n) is 3.04. The van der Waals surface area contributed by atoms with Gasteiger partial charge in [-0.25, -0.2) is 4.98 Å². The summed E-state index contributed by atoms with van der Waals surface area (Å²) in [7, 11) is 0. The molecule has 0 saturated carbocycles. The third-order valence-corrected chi connectivity index (χ3v) is 2.31. The zero-order chi connectivity index (χ0) is 11.7. The molecule has 0 aromatic carbocycles. The number of nitro groups is 1. The first kappa shape index (κ1) is 10.7. The van der Waals surface area contributed by atoms with Crippen LogP contribution in [-0.4, -0.2) is 24.7 Å². The van der Waals surface area contributed by atoms with E-state index in [2.05, 4.69) is 31.0 Å². The van der Waals surface area contributed by atoms with E-state index in [1.54, 1.807) is 6.20 Å². The Morgan fingerprint density at radius 1 is 1.50 bits per heavy atom. The molecule has 0 bridgehead atoms. The number of aryl methyl sites for hydroxylation is 1. The van der Waals surface area contributed by atoms with Gasteiger partial charge in [-0.2, -0.15) is 0 Å². The molecule has 0 atom stereocenters. The minimum absolute atomic E-state index is 0.441. The van der Waals surface area contributed by atoms with Crippen LogP contribution in [0.2, 0.25) is 0 Å². The molecule has 0 N–H and O–H groups in total.